The Morgan fingerprint density at radius 1 is 0.871 bits per heavy atom. The zero-order chi connectivity index (χ0) is 22.4. The number of hydrogen-bond donors (Lipinski definition) is 1. The van der Waals surface area contributed by atoms with E-state index in [4.69, 9.17) is 0 Å². The van der Waals surface area contributed by atoms with Gasteiger partial charge in [0.05, 0.1) is 0 Å². The van der Waals surface area contributed by atoms with Crippen LogP contribution in [0, 0.1) is 56.7 Å². The largest absolute Gasteiger partial charge is 0.396 e. The van der Waals surface area contributed by atoms with Crippen molar-refractivity contribution in [3.05, 3.63) is 11.6 Å². The fourth-order valence-electron chi connectivity index (χ4n) is 11.3. The van der Waals surface area contributed by atoms with Crippen molar-refractivity contribution < 1.29 is 5.11 Å². The van der Waals surface area contributed by atoms with Crippen LogP contribution in [0.3, 0.4) is 0 Å². The van der Waals surface area contributed by atoms with Gasteiger partial charge in [0.15, 0.2) is 0 Å². The van der Waals surface area contributed by atoms with Gasteiger partial charge in [-0.1, -0.05) is 66.5 Å². The lowest BCUT2D eigenvalue weighted by molar-refractivity contribution is -0.172. The van der Waals surface area contributed by atoms with Crippen LogP contribution in [0.2, 0.25) is 0 Å². The van der Waals surface area contributed by atoms with E-state index in [9.17, 15) is 5.11 Å². The van der Waals surface area contributed by atoms with Crippen LogP contribution < -0.4 is 0 Å². The Kier molecular flexibility index (Phi) is 4.98. The van der Waals surface area contributed by atoms with Crippen molar-refractivity contribution >= 4 is 0 Å². The Hall–Kier alpha value is -0.300. The number of fused-ring (bicyclic) bond motifs is 7. The van der Waals surface area contributed by atoms with Crippen LogP contribution >= 0.6 is 0 Å². The molecule has 4 fully saturated rings. The summed E-state index contributed by atoms with van der Waals surface area (Å²) in [5.41, 5.74) is 3.74. The molecule has 1 heteroatoms. The highest BCUT2D eigenvalue weighted by molar-refractivity contribution is 5.33. The number of aliphatic hydroxyl groups is 1. The third kappa shape index (κ3) is 2.65. The fraction of sp³-hybridized carbons (Fsp3) is 0.933. The van der Waals surface area contributed by atoms with Crippen LogP contribution in [0.5, 0.6) is 0 Å². The molecule has 0 radical (unpaired) electrons. The van der Waals surface area contributed by atoms with Crippen LogP contribution in [-0.4, -0.2) is 11.7 Å². The molecule has 176 valence electrons. The molecule has 5 rings (SSSR count). The molecule has 31 heavy (non-hydrogen) atoms. The summed E-state index contributed by atoms with van der Waals surface area (Å²) in [6, 6.07) is 0. The second-order valence-corrected chi connectivity index (χ2v) is 14.5. The molecule has 0 aliphatic heterocycles. The number of rotatable bonds is 2. The van der Waals surface area contributed by atoms with Crippen molar-refractivity contribution in [2.24, 2.45) is 56.7 Å². The van der Waals surface area contributed by atoms with Gasteiger partial charge in [0.25, 0.3) is 0 Å². The van der Waals surface area contributed by atoms with Gasteiger partial charge in [0, 0.05) is 6.61 Å². The normalized spacial score (nSPS) is 53.3. The van der Waals surface area contributed by atoms with E-state index in [1.807, 2.05) is 5.57 Å². The van der Waals surface area contributed by atoms with E-state index in [-0.39, 0.29) is 5.41 Å². The monoisotopic (exact) mass is 426 g/mol. The quantitative estimate of drug-likeness (QED) is 0.443. The first-order valence-corrected chi connectivity index (χ1v) is 13.8. The first-order chi connectivity index (χ1) is 14.5. The topological polar surface area (TPSA) is 20.2 Å². The molecular weight excluding hydrogens is 376 g/mol. The Morgan fingerprint density at radius 3 is 2.26 bits per heavy atom. The Balaban J connectivity index is 1.57. The molecule has 0 saturated heterocycles. The molecule has 0 aromatic carbocycles. The van der Waals surface area contributed by atoms with Gasteiger partial charge in [-0.2, -0.15) is 0 Å². The van der Waals surface area contributed by atoms with E-state index in [2.05, 4.69) is 54.5 Å². The predicted molar refractivity (Wildman–Crippen MR) is 131 cm³/mol. The predicted octanol–water partition coefficient (Wildman–Crippen LogP) is 8.03. The molecule has 8 atom stereocenters. The summed E-state index contributed by atoms with van der Waals surface area (Å²) in [5, 5.41) is 10.8. The Labute approximate surface area is 192 Å². The molecule has 0 spiro atoms. The average Bonchev–Trinajstić information content (AvgIpc) is 3.10. The SMILES string of the molecule is CC(C)[C@H]1CC[C@@H]2[C@]1(CO)CC[C@]1(C)[C@H]3CC[C@H]4C(C)(C)CCC[C@]4(C)C3=CC[C@@]21C. The Bertz CT molecular complexity index is 762. The molecule has 0 aromatic rings. The first-order valence-electron chi connectivity index (χ1n) is 13.8. The molecule has 0 unspecified atom stereocenters. The molecular formula is C30H50O. The lowest BCUT2D eigenvalue weighted by atomic mass is 9.35. The van der Waals surface area contributed by atoms with Crippen molar-refractivity contribution in [3.63, 3.8) is 0 Å². The van der Waals surface area contributed by atoms with Crippen LogP contribution in [0.1, 0.15) is 113 Å². The second-order valence-electron chi connectivity index (χ2n) is 14.5. The summed E-state index contributed by atoms with van der Waals surface area (Å²) < 4.78 is 0. The molecule has 4 saturated carbocycles. The third-order valence-corrected chi connectivity index (χ3v) is 13.0. The smallest absolute Gasteiger partial charge is 0.0493 e. The molecule has 1 N–H and O–H groups in total. The maximum Gasteiger partial charge on any atom is 0.0493 e. The maximum atomic E-state index is 10.8. The van der Waals surface area contributed by atoms with E-state index in [0.717, 1.165) is 11.8 Å². The van der Waals surface area contributed by atoms with Gasteiger partial charge < -0.3 is 5.11 Å². The van der Waals surface area contributed by atoms with Gasteiger partial charge in [-0.05, 0) is 114 Å². The molecule has 0 aromatic heterocycles. The highest BCUT2D eigenvalue weighted by Gasteiger charge is 2.69. The summed E-state index contributed by atoms with van der Waals surface area (Å²) in [7, 11) is 0. The molecule has 1 nitrogen and oxygen atoms in total. The van der Waals surface area contributed by atoms with Crippen LogP contribution in [0.4, 0.5) is 0 Å². The van der Waals surface area contributed by atoms with Crippen LogP contribution in [0.25, 0.3) is 0 Å². The standard InChI is InChI=1S/C30H50O/c1-20(2)21-9-12-25-29(7)16-13-22-23(28(29,6)17-18-30(21,25)19-31)10-11-24-26(3,4)14-8-15-27(22,24)5/h13,20-21,23-25,31H,8-12,14-19H2,1-7H3/t21-,23+,24+,25+,27-,28-,29+,30+/m1/s1. The van der Waals surface area contributed by atoms with Crippen molar-refractivity contribution in [2.45, 2.75) is 113 Å². The van der Waals surface area contributed by atoms with Gasteiger partial charge in [-0.15, -0.1) is 0 Å². The highest BCUT2D eigenvalue weighted by Crippen LogP contribution is 2.76. The van der Waals surface area contributed by atoms with Crippen molar-refractivity contribution in [2.75, 3.05) is 6.61 Å². The molecule has 0 amide bonds. The zero-order valence-electron chi connectivity index (χ0n) is 21.7. The lowest BCUT2D eigenvalue weighted by Crippen LogP contribution is -2.62. The van der Waals surface area contributed by atoms with E-state index in [0.29, 0.717) is 46.0 Å². The zero-order valence-corrected chi connectivity index (χ0v) is 21.7. The van der Waals surface area contributed by atoms with Gasteiger partial charge in [0.1, 0.15) is 0 Å². The first kappa shape index (κ1) is 22.5. The van der Waals surface area contributed by atoms with Gasteiger partial charge >= 0.3 is 0 Å². The molecule has 0 bridgehead atoms. The lowest BCUT2D eigenvalue weighted by Gasteiger charge is -2.69. The highest BCUT2D eigenvalue weighted by atomic mass is 16.3. The van der Waals surface area contributed by atoms with E-state index in [1.54, 1.807) is 0 Å². The van der Waals surface area contributed by atoms with Gasteiger partial charge in [-0.3, -0.25) is 0 Å². The second kappa shape index (κ2) is 6.86. The van der Waals surface area contributed by atoms with E-state index >= 15 is 0 Å². The Morgan fingerprint density at radius 2 is 1.58 bits per heavy atom. The fourth-order valence-corrected chi connectivity index (χ4v) is 11.3. The maximum absolute atomic E-state index is 10.8. The minimum absolute atomic E-state index is 0.182. The summed E-state index contributed by atoms with van der Waals surface area (Å²) in [5.74, 6) is 3.74. The molecule has 0 heterocycles. The van der Waals surface area contributed by atoms with Gasteiger partial charge in [0.2, 0.25) is 0 Å². The van der Waals surface area contributed by atoms with E-state index < -0.39 is 0 Å². The third-order valence-electron chi connectivity index (χ3n) is 13.0. The molecule has 5 aliphatic carbocycles. The summed E-state index contributed by atoms with van der Waals surface area (Å²) >= 11 is 0. The van der Waals surface area contributed by atoms with Crippen molar-refractivity contribution in [1.82, 2.24) is 0 Å². The number of hydrogen-bond acceptors (Lipinski definition) is 1. The van der Waals surface area contributed by atoms with Crippen molar-refractivity contribution in [3.8, 4) is 0 Å². The summed E-state index contributed by atoms with van der Waals surface area (Å²) in [6.07, 6.45) is 16.4. The minimum Gasteiger partial charge on any atom is -0.396 e. The van der Waals surface area contributed by atoms with Gasteiger partial charge in [-0.25, -0.2) is 0 Å². The van der Waals surface area contributed by atoms with Crippen LogP contribution in [-0.2, 0) is 0 Å². The van der Waals surface area contributed by atoms with Crippen molar-refractivity contribution in [1.29, 1.82) is 0 Å². The average molecular weight is 427 g/mol. The molecule has 5 aliphatic rings. The summed E-state index contributed by atoms with van der Waals surface area (Å²) in [6.45, 7) is 18.4. The van der Waals surface area contributed by atoms with E-state index in [1.165, 1.54) is 64.2 Å². The number of allylic oxidation sites excluding steroid dienone is 2. The number of aliphatic hydroxyl groups excluding tert-OH is 1. The summed E-state index contributed by atoms with van der Waals surface area (Å²) in [4.78, 5) is 0. The minimum atomic E-state index is 0.182. The van der Waals surface area contributed by atoms with Crippen LogP contribution in [0.15, 0.2) is 11.6 Å².